The molecular formula is C28H19F2N5O4. The zero-order valence-corrected chi connectivity index (χ0v) is 20.6. The molecule has 0 bridgehead atoms. The van der Waals surface area contributed by atoms with Crippen molar-refractivity contribution >= 4 is 28.5 Å². The van der Waals surface area contributed by atoms with Crippen LogP contribution in [0.1, 0.15) is 39.4 Å². The van der Waals surface area contributed by atoms with E-state index < -0.39 is 29.6 Å². The third-order valence-corrected chi connectivity index (χ3v) is 6.31. The number of benzene rings is 2. The van der Waals surface area contributed by atoms with Crippen LogP contribution in [-0.2, 0) is 0 Å². The molecule has 1 unspecified atom stereocenters. The zero-order valence-electron chi connectivity index (χ0n) is 20.6. The van der Waals surface area contributed by atoms with Gasteiger partial charge in [0.1, 0.15) is 23.1 Å². The van der Waals surface area contributed by atoms with Gasteiger partial charge in [-0.05, 0) is 43.3 Å². The van der Waals surface area contributed by atoms with Gasteiger partial charge in [0.15, 0.2) is 17.4 Å². The average molecular weight is 527 g/mol. The maximum atomic E-state index is 14.8. The van der Waals surface area contributed by atoms with Crippen LogP contribution in [0.5, 0.6) is 11.6 Å². The first kappa shape index (κ1) is 24.2. The van der Waals surface area contributed by atoms with Crippen LogP contribution in [0.2, 0.25) is 0 Å². The fraction of sp³-hybridized carbons (Fsp3) is 0.107. The number of amides is 2. The fourth-order valence-electron chi connectivity index (χ4n) is 4.52. The molecule has 5 aromatic rings. The molecule has 4 heterocycles. The van der Waals surface area contributed by atoms with E-state index in [-0.39, 0.29) is 33.6 Å². The molecule has 1 atom stereocenters. The van der Waals surface area contributed by atoms with Crippen molar-refractivity contribution in [3.05, 3.63) is 102 Å². The number of rotatable bonds is 6. The van der Waals surface area contributed by atoms with Crippen molar-refractivity contribution < 1.29 is 27.8 Å². The van der Waals surface area contributed by atoms with Gasteiger partial charge in [0.05, 0.1) is 23.9 Å². The molecule has 2 amide bonds. The normalized spacial score (nSPS) is 13.6. The highest BCUT2D eigenvalue weighted by molar-refractivity contribution is 6.34. The average Bonchev–Trinajstić information content (AvgIpc) is 3.55. The Labute approximate surface area is 220 Å². The largest absolute Gasteiger partial charge is 0.481 e. The van der Waals surface area contributed by atoms with Crippen molar-refractivity contribution in [1.82, 2.24) is 19.7 Å². The smallest absolute Gasteiger partial charge is 0.267 e. The van der Waals surface area contributed by atoms with Crippen molar-refractivity contribution in [1.29, 1.82) is 0 Å². The molecule has 1 aliphatic rings. The number of pyridine rings is 2. The molecule has 0 saturated carbocycles. The van der Waals surface area contributed by atoms with Gasteiger partial charge >= 0.3 is 0 Å². The van der Waals surface area contributed by atoms with E-state index >= 15 is 0 Å². The Balaban J connectivity index is 1.50. The second-order valence-electron chi connectivity index (χ2n) is 8.73. The highest BCUT2D eigenvalue weighted by Gasteiger charge is 2.39. The van der Waals surface area contributed by atoms with E-state index in [1.54, 1.807) is 54.3 Å². The van der Waals surface area contributed by atoms with E-state index in [0.717, 1.165) is 11.0 Å². The highest BCUT2D eigenvalue weighted by atomic mass is 19.1. The van der Waals surface area contributed by atoms with Crippen LogP contribution in [0.25, 0.3) is 16.6 Å². The van der Waals surface area contributed by atoms with Crippen LogP contribution in [-0.4, -0.2) is 38.7 Å². The van der Waals surface area contributed by atoms with Crippen molar-refractivity contribution in [2.75, 3.05) is 12.0 Å². The van der Waals surface area contributed by atoms with Crippen LogP contribution in [0.4, 0.5) is 14.6 Å². The van der Waals surface area contributed by atoms with E-state index in [4.69, 9.17) is 9.47 Å². The number of carbonyl (C=O) groups is 2. The molecule has 0 saturated heterocycles. The molecule has 6 rings (SSSR count). The first-order chi connectivity index (χ1) is 18.9. The van der Waals surface area contributed by atoms with Gasteiger partial charge in [-0.15, -0.1) is 0 Å². The number of anilines is 1. The van der Waals surface area contributed by atoms with Crippen molar-refractivity contribution in [3.8, 4) is 17.3 Å². The van der Waals surface area contributed by atoms with Gasteiger partial charge in [-0.3, -0.25) is 9.59 Å². The molecule has 0 fully saturated rings. The Morgan fingerprint density at radius 2 is 1.67 bits per heavy atom. The van der Waals surface area contributed by atoms with Gasteiger partial charge in [-0.25, -0.2) is 28.3 Å². The molecule has 39 heavy (non-hydrogen) atoms. The van der Waals surface area contributed by atoms with Gasteiger partial charge in [0, 0.05) is 29.9 Å². The number of nitrogens with zero attached hydrogens (tertiary/aromatic N) is 5. The van der Waals surface area contributed by atoms with Gasteiger partial charge in [-0.1, -0.05) is 12.1 Å². The van der Waals surface area contributed by atoms with Crippen LogP contribution >= 0.6 is 0 Å². The molecule has 194 valence electrons. The number of aromatic nitrogens is 4. The Morgan fingerprint density at radius 1 is 0.923 bits per heavy atom. The maximum Gasteiger partial charge on any atom is 0.267 e. The van der Waals surface area contributed by atoms with Crippen LogP contribution in [0, 0.1) is 11.6 Å². The Bertz CT molecular complexity index is 1740. The summed E-state index contributed by atoms with van der Waals surface area (Å²) >= 11 is 0. The summed E-state index contributed by atoms with van der Waals surface area (Å²) in [5.41, 5.74) is 1.13. The molecule has 11 heteroatoms. The first-order valence-electron chi connectivity index (χ1n) is 11.8. The van der Waals surface area contributed by atoms with Gasteiger partial charge in [0.25, 0.3) is 11.8 Å². The lowest BCUT2D eigenvalue weighted by molar-refractivity contribution is 0.0922. The SMILES string of the molecule is COc1ccc(-n2cccn2)c(C(C)Oc2cc3cc(F)cc(F)c3nc2N2C(=O)c3ccccc3C2=O)n1. The number of carbonyl (C=O) groups excluding carboxylic acids is 2. The van der Waals surface area contributed by atoms with E-state index in [2.05, 4.69) is 15.1 Å². The molecule has 9 nitrogen and oxygen atoms in total. The predicted octanol–water partition coefficient (Wildman–Crippen LogP) is 5.04. The van der Waals surface area contributed by atoms with Crippen molar-refractivity contribution in [2.45, 2.75) is 13.0 Å². The Kier molecular flexibility index (Phi) is 5.75. The van der Waals surface area contributed by atoms with Gasteiger partial charge < -0.3 is 9.47 Å². The minimum atomic E-state index is -0.946. The lowest BCUT2D eigenvalue weighted by Crippen LogP contribution is -2.31. The summed E-state index contributed by atoms with van der Waals surface area (Å²) in [7, 11) is 1.47. The number of ether oxygens (including phenoxy) is 2. The monoisotopic (exact) mass is 527 g/mol. The Morgan fingerprint density at radius 3 is 2.33 bits per heavy atom. The van der Waals surface area contributed by atoms with E-state index in [9.17, 15) is 18.4 Å². The minimum Gasteiger partial charge on any atom is -0.481 e. The van der Waals surface area contributed by atoms with E-state index in [1.165, 1.54) is 25.3 Å². The second-order valence-corrected chi connectivity index (χ2v) is 8.73. The van der Waals surface area contributed by atoms with Crippen LogP contribution < -0.4 is 14.4 Å². The van der Waals surface area contributed by atoms with E-state index in [0.29, 0.717) is 23.3 Å². The number of fused-ring (bicyclic) bond motifs is 2. The zero-order chi connectivity index (χ0) is 27.3. The first-order valence-corrected chi connectivity index (χ1v) is 11.8. The summed E-state index contributed by atoms with van der Waals surface area (Å²) in [6.07, 6.45) is 2.52. The Hall–Kier alpha value is -5.19. The topological polar surface area (TPSA) is 99.4 Å². The minimum absolute atomic E-state index is 0.0504. The van der Waals surface area contributed by atoms with Crippen LogP contribution in [0.15, 0.2) is 73.1 Å². The molecule has 2 aromatic carbocycles. The van der Waals surface area contributed by atoms with Crippen molar-refractivity contribution in [3.63, 3.8) is 0 Å². The predicted molar refractivity (Wildman–Crippen MR) is 136 cm³/mol. The van der Waals surface area contributed by atoms with Crippen molar-refractivity contribution in [2.24, 2.45) is 0 Å². The molecule has 3 aromatic heterocycles. The summed E-state index contributed by atoms with van der Waals surface area (Å²) < 4.78 is 42.0. The standard InChI is InChI=1S/C28H19F2N5O4/c1-15(24-21(34-11-5-10-31-34)8-9-23(32-24)38-2)39-22-13-16-12-17(29)14-20(30)25(16)33-26(22)35-27(36)18-6-3-4-7-19(18)28(35)37/h3-15H,1-2H3. The molecular weight excluding hydrogens is 508 g/mol. The number of halogens is 2. The third kappa shape index (κ3) is 4.04. The molecule has 0 spiro atoms. The summed E-state index contributed by atoms with van der Waals surface area (Å²) in [6, 6.07) is 14.6. The fourth-order valence-corrected chi connectivity index (χ4v) is 4.52. The third-order valence-electron chi connectivity index (χ3n) is 6.31. The van der Waals surface area contributed by atoms with Crippen LogP contribution in [0.3, 0.4) is 0 Å². The van der Waals surface area contributed by atoms with E-state index in [1.807, 2.05) is 0 Å². The summed E-state index contributed by atoms with van der Waals surface area (Å²) in [6.45, 7) is 1.69. The molecule has 0 radical (unpaired) electrons. The number of methoxy groups -OCH3 is 1. The molecule has 0 N–H and O–H groups in total. The summed E-state index contributed by atoms with van der Waals surface area (Å²) in [4.78, 5) is 36.3. The summed E-state index contributed by atoms with van der Waals surface area (Å²) in [5.74, 6) is -3.00. The molecule has 0 aliphatic carbocycles. The maximum absolute atomic E-state index is 14.8. The lowest BCUT2D eigenvalue weighted by Gasteiger charge is -2.22. The number of hydrogen-bond donors (Lipinski definition) is 0. The quantitative estimate of drug-likeness (QED) is 0.285. The van der Waals surface area contributed by atoms with Gasteiger partial charge in [0.2, 0.25) is 5.88 Å². The van der Waals surface area contributed by atoms with Gasteiger partial charge in [-0.2, -0.15) is 5.10 Å². The second kappa shape index (κ2) is 9.28. The number of imide groups is 1. The lowest BCUT2D eigenvalue weighted by atomic mass is 10.1. The highest BCUT2D eigenvalue weighted by Crippen LogP contribution is 2.39. The summed E-state index contributed by atoms with van der Waals surface area (Å²) in [5, 5.41) is 4.35. The molecule has 1 aliphatic heterocycles. The number of hydrogen-bond acceptors (Lipinski definition) is 7.